The Labute approximate surface area is 89.8 Å². The van der Waals surface area contributed by atoms with Gasteiger partial charge in [-0.2, -0.15) is 0 Å². The van der Waals surface area contributed by atoms with Crippen molar-refractivity contribution in [1.82, 2.24) is 5.32 Å². The van der Waals surface area contributed by atoms with Gasteiger partial charge in [-0.25, -0.2) is 0 Å². The first-order valence-corrected chi connectivity index (χ1v) is 4.92. The molecule has 0 fully saturated rings. The summed E-state index contributed by atoms with van der Waals surface area (Å²) in [4.78, 5) is 22.0. The molecule has 0 aromatic carbocycles. The average Bonchev–Trinajstić information content (AvgIpc) is 2.00. The van der Waals surface area contributed by atoms with E-state index in [9.17, 15) is 9.59 Å². The molecule has 0 rings (SSSR count). The summed E-state index contributed by atoms with van der Waals surface area (Å²) >= 11 is 0. The molecule has 0 aromatic heterocycles. The van der Waals surface area contributed by atoms with E-state index in [1.165, 1.54) is 0 Å². The Balaban J connectivity index is 4.29. The summed E-state index contributed by atoms with van der Waals surface area (Å²) in [5.74, 6) is -1.54. The lowest BCUT2D eigenvalue weighted by molar-refractivity contribution is -0.149. The zero-order chi connectivity index (χ0) is 12.1. The topological polar surface area (TPSA) is 75.6 Å². The van der Waals surface area contributed by atoms with Crippen LogP contribution in [0.5, 0.6) is 0 Å². The van der Waals surface area contributed by atoms with Crippen LogP contribution in [0, 0.1) is 0 Å². The van der Waals surface area contributed by atoms with E-state index in [1.807, 2.05) is 20.8 Å². The van der Waals surface area contributed by atoms with E-state index in [2.05, 4.69) is 5.32 Å². The van der Waals surface area contributed by atoms with Crippen LogP contribution in [-0.2, 0) is 14.3 Å². The van der Waals surface area contributed by atoms with Crippen molar-refractivity contribution in [3.8, 4) is 0 Å². The van der Waals surface area contributed by atoms with E-state index in [0.29, 0.717) is 0 Å². The van der Waals surface area contributed by atoms with Crippen molar-refractivity contribution >= 4 is 11.9 Å². The molecule has 15 heavy (non-hydrogen) atoms. The zero-order valence-electron chi connectivity index (χ0n) is 9.66. The molecular weight excluding hydrogens is 198 g/mol. The Hall–Kier alpha value is -1.10. The molecule has 0 heterocycles. The van der Waals surface area contributed by atoms with Gasteiger partial charge in [-0.1, -0.05) is 0 Å². The lowest BCUT2D eigenvalue weighted by Crippen LogP contribution is -2.48. The maximum Gasteiger partial charge on any atom is 0.321 e. The van der Waals surface area contributed by atoms with E-state index in [4.69, 9.17) is 9.84 Å². The molecular formula is C10H19NO4. The summed E-state index contributed by atoms with van der Waals surface area (Å²) in [6, 6.07) is -0.899. The number of aliphatic carboxylic acids is 1. The molecule has 0 amide bonds. The van der Waals surface area contributed by atoms with Gasteiger partial charge in [-0.3, -0.25) is 14.9 Å². The molecule has 0 aromatic rings. The Bertz CT molecular complexity index is 232. The maximum atomic E-state index is 11.1. The first-order chi connectivity index (χ1) is 6.76. The molecule has 0 saturated heterocycles. The number of nitrogens with one attached hydrogen (secondary N) is 1. The molecule has 0 aliphatic heterocycles. The van der Waals surface area contributed by atoms with Crippen LogP contribution >= 0.6 is 0 Å². The van der Waals surface area contributed by atoms with Crippen LogP contribution in [0.25, 0.3) is 0 Å². The lowest BCUT2D eigenvalue weighted by atomic mass is 10.1. The summed E-state index contributed by atoms with van der Waals surface area (Å²) in [5, 5.41) is 11.7. The average molecular weight is 217 g/mol. The number of rotatable bonds is 5. The molecule has 5 heteroatoms. The number of esters is 1. The summed E-state index contributed by atoms with van der Waals surface area (Å²) < 4.78 is 4.69. The van der Waals surface area contributed by atoms with Gasteiger partial charge in [0.1, 0.15) is 6.04 Å². The first-order valence-electron chi connectivity index (χ1n) is 4.92. The Morgan fingerprint density at radius 3 is 2.27 bits per heavy atom. The third kappa shape index (κ3) is 6.90. The highest BCUT2D eigenvalue weighted by molar-refractivity contribution is 5.81. The minimum Gasteiger partial charge on any atom is -0.480 e. The van der Waals surface area contributed by atoms with Gasteiger partial charge in [0.15, 0.2) is 0 Å². The monoisotopic (exact) mass is 217 g/mol. The number of carboxylic acid groups (broad SMARTS) is 1. The molecule has 0 unspecified atom stereocenters. The van der Waals surface area contributed by atoms with Gasteiger partial charge in [0.2, 0.25) is 0 Å². The molecule has 1 atom stereocenters. The molecule has 0 spiro atoms. The van der Waals surface area contributed by atoms with Crippen LogP contribution in [-0.4, -0.2) is 35.2 Å². The number of hydrogen-bond acceptors (Lipinski definition) is 4. The Morgan fingerprint density at radius 1 is 1.40 bits per heavy atom. The number of carbonyl (C=O) groups is 2. The normalized spacial score (nSPS) is 13.3. The van der Waals surface area contributed by atoms with Crippen molar-refractivity contribution in [3.63, 3.8) is 0 Å². The number of carboxylic acids is 1. The predicted molar refractivity (Wildman–Crippen MR) is 55.6 cm³/mol. The van der Waals surface area contributed by atoms with Crippen molar-refractivity contribution in [1.29, 1.82) is 0 Å². The fourth-order valence-corrected chi connectivity index (χ4v) is 1.11. The van der Waals surface area contributed by atoms with Crippen LogP contribution in [0.3, 0.4) is 0 Å². The van der Waals surface area contributed by atoms with Gasteiger partial charge >= 0.3 is 11.9 Å². The highest BCUT2D eigenvalue weighted by Gasteiger charge is 2.26. The minimum absolute atomic E-state index is 0.152. The van der Waals surface area contributed by atoms with Crippen molar-refractivity contribution in [3.05, 3.63) is 0 Å². The Morgan fingerprint density at radius 2 is 1.93 bits per heavy atom. The van der Waals surface area contributed by atoms with Crippen molar-refractivity contribution in [2.45, 2.75) is 45.7 Å². The highest BCUT2D eigenvalue weighted by atomic mass is 16.5. The molecule has 5 nitrogen and oxygen atoms in total. The van der Waals surface area contributed by atoms with Gasteiger partial charge in [0.25, 0.3) is 0 Å². The summed E-state index contributed by atoms with van der Waals surface area (Å²) in [5.41, 5.74) is -0.352. The molecule has 0 aliphatic carbocycles. The molecule has 0 radical (unpaired) electrons. The van der Waals surface area contributed by atoms with Crippen LogP contribution < -0.4 is 5.32 Å². The van der Waals surface area contributed by atoms with Crippen LogP contribution in [0.15, 0.2) is 0 Å². The number of hydrogen-bond donors (Lipinski definition) is 2. The van der Waals surface area contributed by atoms with Crippen molar-refractivity contribution < 1.29 is 19.4 Å². The third-order valence-corrected chi connectivity index (χ3v) is 1.58. The van der Waals surface area contributed by atoms with E-state index in [1.54, 1.807) is 6.92 Å². The second-order valence-corrected chi connectivity index (χ2v) is 4.29. The first kappa shape index (κ1) is 13.9. The van der Waals surface area contributed by atoms with Gasteiger partial charge in [0, 0.05) is 5.54 Å². The predicted octanol–water partition coefficient (Wildman–Crippen LogP) is 0.781. The molecule has 0 aliphatic rings. The third-order valence-electron chi connectivity index (χ3n) is 1.58. The van der Waals surface area contributed by atoms with Gasteiger partial charge in [0.05, 0.1) is 13.0 Å². The van der Waals surface area contributed by atoms with Gasteiger partial charge < -0.3 is 9.84 Å². The van der Waals surface area contributed by atoms with Crippen LogP contribution in [0.2, 0.25) is 0 Å². The second kappa shape index (κ2) is 5.70. The summed E-state index contributed by atoms with van der Waals surface area (Å²) in [7, 11) is 0. The second-order valence-electron chi connectivity index (χ2n) is 4.29. The van der Waals surface area contributed by atoms with E-state index >= 15 is 0 Å². The van der Waals surface area contributed by atoms with E-state index in [-0.39, 0.29) is 18.6 Å². The van der Waals surface area contributed by atoms with Crippen LogP contribution in [0.1, 0.15) is 34.1 Å². The number of carbonyl (C=O) groups excluding carboxylic acids is 1. The minimum atomic E-state index is -1.04. The van der Waals surface area contributed by atoms with Crippen LogP contribution in [0.4, 0.5) is 0 Å². The summed E-state index contributed by atoms with van der Waals surface area (Å²) in [6.07, 6.45) is -0.152. The molecule has 2 N–H and O–H groups in total. The number of ether oxygens (including phenoxy) is 1. The quantitative estimate of drug-likeness (QED) is 0.665. The molecule has 0 saturated carbocycles. The SMILES string of the molecule is CCOC(=O)C[C@@H](NC(C)(C)C)C(=O)O. The fourth-order valence-electron chi connectivity index (χ4n) is 1.11. The van der Waals surface area contributed by atoms with E-state index < -0.39 is 18.0 Å². The standard InChI is InChI=1S/C10H19NO4/c1-5-15-8(12)6-7(9(13)14)11-10(2,3)4/h7,11H,5-6H2,1-4H3,(H,13,14)/t7-/m1/s1. The van der Waals surface area contributed by atoms with E-state index in [0.717, 1.165) is 0 Å². The lowest BCUT2D eigenvalue weighted by Gasteiger charge is -2.25. The van der Waals surface area contributed by atoms with Gasteiger partial charge in [-0.05, 0) is 27.7 Å². The van der Waals surface area contributed by atoms with Crippen molar-refractivity contribution in [2.75, 3.05) is 6.61 Å². The maximum absolute atomic E-state index is 11.1. The smallest absolute Gasteiger partial charge is 0.321 e. The Kier molecular flexibility index (Phi) is 5.28. The van der Waals surface area contributed by atoms with Crippen molar-refractivity contribution in [2.24, 2.45) is 0 Å². The summed E-state index contributed by atoms with van der Waals surface area (Å²) in [6.45, 7) is 7.47. The fraction of sp³-hybridized carbons (Fsp3) is 0.800. The largest absolute Gasteiger partial charge is 0.480 e. The van der Waals surface area contributed by atoms with Gasteiger partial charge in [-0.15, -0.1) is 0 Å². The molecule has 0 bridgehead atoms. The zero-order valence-corrected chi connectivity index (χ0v) is 9.66. The highest BCUT2D eigenvalue weighted by Crippen LogP contribution is 2.05. The molecule has 88 valence electrons.